The Bertz CT molecular complexity index is 451. The van der Waals surface area contributed by atoms with Gasteiger partial charge >= 0.3 is 0 Å². The van der Waals surface area contributed by atoms with E-state index in [1.807, 2.05) is 0 Å². The summed E-state index contributed by atoms with van der Waals surface area (Å²) in [5, 5.41) is 5.01. The van der Waals surface area contributed by atoms with Gasteiger partial charge in [0.1, 0.15) is 5.75 Å². The van der Waals surface area contributed by atoms with E-state index in [1.165, 1.54) is 7.11 Å². The first-order valence-electron chi connectivity index (χ1n) is 5.16. The topological polar surface area (TPSA) is 93.5 Å². The first kappa shape index (κ1) is 14.5. The van der Waals surface area contributed by atoms with Gasteiger partial charge in [-0.1, -0.05) is 15.9 Å². The minimum Gasteiger partial charge on any atom is -0.497 e. The normalized spacial score (nSPS) is 9.72. The Morgan fingerprint density at radius 1 is 1.33 bits per heavy atom. The Kier molecular flexibility index (Phi) is 5.60. The third-order valence-electron chi connectivity index (χ3n) is 2.02. The molecule has 0 spiro atoms. The summed E-state index contributed by atoms with van der Waals surface area (Å²) >= 11 is 3.30. The highest BCUT2D eigenvalue weighted by Gasteiger charge is 2.06. The highest BCUT2D eigenvalue weighted by atomic mass is 79.9. The fraction of sp³-hybridized carbons (Fsp3) is 0.273. The predicted octanol–water partition coefficient (Wildman–Crippen LogP) is 0.471. The first-order chi connectivity index (χ1) is 8.55. The monoisotopic (exact) mass is 315 g/mol. The van der Waals surface area contributed by atoms with Crippen molar-refractivity contribution >= 4 is 33.4 Å². The minimum atomic E-state index is -0.378. The van der Waals surface area contributed by atoms with E-state index >= 15 is 0 Å². The van der Waals surface area contributed by atoms with Gasteiger partial charge in [-0.2, -0.15) is 0 Å². The lowest BCUT2D eigenvalue weighted by Gasteiger charge is -2.08. The summed E-state index contributed by atoms with van der Waals surface area (Å²) in [6, 6.07) is 5.17. The van der Waals surface area contributed by atoms with Crippen molar-refractivity contribution in [2.75, 3.05) is 25.5 Å². The maximum Gasteiger partial charge on any atom is 0.243 e. The molecule has 0 saturated carbocycles. The Morgan fingerprint density at radius 2 is 2.06 bits per heavy atom. The van der Waals surface area contributed by atoms with E-state index in [9.17, 15) is 9.59 Å². The van der Waals surface area contributed by atoms with E-state index in [-0.39, 0.29) is 24.9 Å². The highest BCUT2D eigenvalue weighted by molar-refractivity contribution is 9.10. The van der Waals surface area contributed by atoms with Crippen molar-refractivity contribution in [2.24, 2.45) is 5.73 Å². The zero-order valence-corrected chi connectivity index (χ0v) is 11.4. The van der Waals surface area contributed by atoms with E-state index in [0.29, 0.717) is 11.4 Å². The number of nitrogens with two attached hydrogens (primary N) is 1. The fourth-order valence-corrected chi connectivity index (χ4v) is 1.68. The SMILES string of the molecule is COc1cc(Br)cc(NC(=O)CNC(=O)CN)c1. The number of halogens is 1. The van der Waals surface area contributed by atoms with Gasteiger partial charge in [0.2, 0.25) is 11.8 Å². The Labute approximate surface area is 113 Å². The first-order valence-corrected chi connectivity index (χ1v) is 5.95. The van der Waals surface area contributed by atoms with Gasteiger partial charge in [-0.3, -0.25) is 9.59 Å². The van der Waals surface area contributed by atoms with Crippen LogP contribution >= 0.6 is 15.9 Å². The second-order valence-corrected chi connectivity index (χ2v) is 4.32. The molecule has 6 nitrogen and oxygen atoms in total. The zero-order chi connectivity index (χ0) is 13.5. The summed E-state index contributed by atoms with van der Waals surface area (Å²) in [5.41, 5.74) is 5.68. The van der Waals surface area contributed by atoms with E-state index in [0.717, 1.165) is 4.47 Å². The van der Waals surface area contributed by atoms with Crippen LogP contribution in [0.25, 0.3) is 0 Å². The van der Waals surface area contributed by atoms with Crippen molar-refractivity contribution in [1.29, 1.82) is 0 Å². The summed E-state index contributed by atoms with van der Waals surface area (Å²) < 4.78 is 5.85. The second kappa shape index (κ2) is 6.97. The third-order valence-corrected chi connectivity index (χ3v) is 2.48. The van der Waals surface area contributed by atoms with E-state index in [2.05, 4.69) is 26.6 Å². The van der Waals surface area contributed by atoms with Crippen molar-refractivity contribution in [1.82, 2.24) is 5.32 Å². The molecular formula is C11H14BrN3O3. The quantitative estimate of drug-likeness (QED) is 0.736. The number of carbonyl (C=O) groups excluding carboxylic acids is 2. The van der Waals surface area contributed by atoms with Crippen LogP contribution in [0, 0.1) is 0 Å². The third kappa shape index (κ3) is 4.72. The van der Waals surface area contributed by atoms with Crippen LogP contribution in [0.5, 0.6) is 5.75 Å². The van der Waals surface area contributed by atoms with Crippen molar-refractivity contribution in [2.45, 2.75) is 0 Å². The number of hydrogen-bond acceptors (Lipinski definition) is 4. The van der Waals surface area contributed by atoms with Gasteiger partial charge in [0, 0.05) is 16.2 Å². The molecule has 0 bridgehead atoms. The molecule has 0 aromatic heterocycles. The Morgan fingerprint density at radius 3 is 2.67 bits per heavy atom. The number of ether oxygens (including phenoxy) is 1. The maximum atomic E-state index is 11.5. The summed E-state index contributed by atoms with van der Waals surface area (Å²) in [4.78, 5) is 22.4. The molecule has 0 radical (unpaired) electrons. The molecule has 2 amide bonds. The molecule has 7 heteroatoms. The van der Waals surface area contributed by atoms with Gasteiger partial charge in [0.25, 0.3) is 0 Å². The van der Waals surface area contributed by atoms with Gasteiger partial charge in [0.05, 0.1) is 20.2 Å². The van der Waals surface area contributed by atoms with Crippen molar-refractivity contribution in [3.63, 3.8) is 0 Å². The number of methoxy groups -OCH3 is 1. The second-order valence-electron chi connectivity index (χ2n) is 3.41. The smallest absolute Gasteiger partial charge is 0.243 e. The Balaban J connectivity index is 2.58. The van der Waals surface area contributed by atoms with Crippen LogP contribution in [0.1, 0.15) is 0 Å². The van der Waals surface area contributed by atoms with Crippen molar-refractivity contribution in [3.8, 4) is 5.75 Å². The molecule has 0 fully saturated rings. The lowest BCUT2D eigenvalue weighted by atomic mass is 10.3. The summed E-state index contributed by atoms with van der Waals surface area (Å²) in [6.45, 7) is -0.261. The molecule has 1 aromatic rings. The van der Waals surface area contributed by atoms with Crippen LogP contribution in [0.15, 0.2) is 22.7 Å². The number of hydrogen-bond donors (Lipinski definition) is 3. The predicted molar refractivity (Wildman–Crippen MR) is 71.4 cm³/mol. The molecule has 1 rings (SSSR count). The highest BCUT2D eigenvalue weighted by Crippen LogP contribution is 2.24. The van der Waals surface area contributed by atoms with Crippen LogP contribution in [-0.2, 0) is 9.59 Å². The average Bonchev–Trinajstić information content (AvgIpc) is 2.35. The lowest BCUT2D eigenvalue weighted by Crippen LogP contribution is -2.36. The molecule has 0 saturated heterocycles. The molecule has 0 aliphatic heterocycles. The Hall–Kier alpha value is -1.60. The van der Waals surface area contributed by atoms with Crippen LogP contribution in [0.3, 0.4) is 0 Å². The number of benzene rings is 1. The molecule has 0 aliphatic rings. The van der Waals surface area contributed by atoms with Crippen LogP contribution < -0.4 is 21.1 Å². The lowest BCUT2D eigenvalue weighted by molar-refractivity contribution is -0.123. The summed E-state index contributed by atoms with van der Waals surface area (Å²) in [7, 11) is 1.54. The number of nitrogens with one attached hydrogen (secondary N) is 2. The fourth-order valence-electron chi connectivity index (χ4n) is 1.21. The zero-order valence-electron chi connectivity index (χ0n) is 9.83. The van der Waals surface area contributed by atoms with Gasteiger partial charge < -0.3 is 21.1 Å². The summed E-state index contributed by atoms with van der Waals surface area (Å²) in [5.74, 6) is -0.0976. The van der Waals surface area contributed by atoms with E-state index in [4.69, 9.17) is 10.5 Å². The van der Waals surface area contributed by atoms with Gasteiger partial charge in [-0.05, 0) is 12.1 Å². The molecule has 4 N–H and O–H groups in total. The van der Waals surface area contributed by atoms with Crippen LogP contribution in [-0.4, -0.2) is 32.0 Å². The standard InChI is InChI=1S/C11H14BrN3O3/c1-18-9-3-7(12)2-8(4-9)15-11(17)6-14-10(16)5-13/h2-4H,5-6,13H2,1H3,(H,14,16)(H,15,17). The molecule has 0 atom stereocenters. The summed E-state index contributed by atoms with van der Waals surface area (Å²) in [6.07, 6.45) is 0. The molecule has 0 aliphatic carbocycles. The van der Waals surface area contributed by atoms with Crippen molar-refractivity contribution < 1.29 is 14.3 Å². The molecule has 1 aromatic carbocycles. The maximum absolute atomic E-state index is 11.5. The van der Waals surface area contributed by atoms with Crippen LogP contribution in [0.4, 0.5) is 5.69 Å². The molecular weight excluding hydrogens is 302 g/mol. The molecule has 98 valence electrons. The molecule has 0 unspecified atom stereocenters. The average molecular weight is 316 g/mol. The number of anilines is 1. The minimum absolute atomic E-state index is 0.120. The molecule has 18 heavy (non-hydrogen) atoms. The van der Waals surface area contributed by atoms with E-state index < -0.39 is 0 Å². The van der Waals surface area contributed by atoms with Gasteiger partial charge in [-0.15, -0.1) is 0 Å². The largest absolute Gasteiger partial charge is 0.497 e. The molecule has 0 heterocycles. The van der Waals surface area contributed by atoms with Crippen LogP contribution in [0.2, 0.25) is 0 Å². The van der Waals surface area contributed by atoms with Crippen molar-refractivity contribution in [3.05, 3.63) is 22.7 Å². The number of carbonyl (C=O) groups is 2. The number of amides is 2. The van der Waals surface area contributed by atoms with Gasteiger partial charge in [-0.25, -0.2) is 0 Å². The number of rotatable bonds is 5. The van der Waals surface area contributed by atoms with E-state index in [1.54, 1.807) is 18.2 Å². The van der Waals surface area contributed by atoms with Gasteiger partial charge in [0.15, 0.2) is 0 Å².